The van der Waals surface area contributed by atoms with Gasteiger partial charge < -0.3 is 15.0 Å². The lowest BCUT2D eigenvalue weighted by molar-refractivity contribution is -0.387. The molecule has 0 radical (unpaired) electrons. The van der Waals surface area contributed by atoms with Crippen LogP contribution in [0.15, 0.2) is 54.2 Å². The van der Waals surface area contributed by atoms with E-state index in [1.165, 1.54) is 28.0 Å². The maximum atomic E-state index is 13.3. The van der Waals surface area contributed by atoms with Gasteiger partial charge in [0.15, 0.2) is 0 Å². The van der Waals surface area contributed by atoms with Crippen molar-refractivity contribution in [1.82, 2.24) is 20.1 Å². The minimum Gasteiger partial charge on any atom is -0.444 e. The number of nitrogens with one attached hydrogen (secondary N) is 1. The Morgan fingerprint density at radius 2 is 1.89 bits per heavy atom. The molecule has 2 aromatic rings. The lowest BCUT2D eigenvalue weighted by Crippen LogP contribution is -2.62. The molecule has 1 saturated heterocycles. The molecule has 1 aromatic heterocycles. The fourth-order valence-corrected chi connectivity index (χ4v) is 3.93. The van der Waals surface area contributed by atoms with Gasteiger partial charge in [0.2, 0.25) is 5.91 Å². The number of piperazine rings is 1. The van der Waals surface area contributed by atoms with E-state index in [4.69, 9.17) is 4.74 Å². The standard InChI is InChI=1S/C25H29N5O6S/c1-16(18-5-6-21(37)19(13-18)30(34)35)23(32)28-11-12-29(24(33)36-25(2,3)4)20(15-28)22(31)27-14-17-7-9-26-10-8-17/h5-10,13,20,37H,1,11-12,14-15H2,2-4H3,(H,27,31). The van der Waals surface area contributed by atoms with Crippen LogP contribution in [0.4, 0.5) is 10.5 Å². The smallest absolute Gasteiger partial charge is 0.411 e. The van der Waals surface area contributed by atoms with Crippen molar-refractivity contribution < 1.29 is 24.0 Å². The Kier molecular flexibility index (Phi) is 8.53. The summed E-state index contributed by atoms with van der Waals surface area (Å²) in [4.78, 5) is 56.9. The van der Waals surface area contributed by atoms with E-state index in [0.29, 0.717) is 0 Å². The summed E-state index contributed by atoms with van der Waals surface area (Å²) in [7, 11) is 0. The number of thiol groups is 1. The third-order valence-corrected chi connectivity index (χ3v) is 5.97. The highest BCUT2D eigenvalue weighted by atomic mass is 32.1. The van der Waals surface area contributed by atoms with Crippen LogP contribution in [0.5, 0.6) is 0 Å². The first-order chi connectivity index (χ1) is 17.4. The summed E-state index contributed by atoms with van der Waals surface area (Å²) in [6.07, 6.45) is 2.54. The van der Waals surface area contributed by atoms with E-state index in [1.54, 1.807) is 45.3 Å². The average molecular weight is 528 g/mol. The second-order valence-corrected chi connectivity index (χ2v) is 9.93. The van der Waals surface area contributed by atoms with Gasteiger partial charge in [-0.05, 0) is 50.1 Å². The van der Waals surface area contributed by atoms with E-state index in [0.717, 1.165) is 5.56 Å². The number of ether oxygens (including phenoxy) is 1. The number of aromatic nitrogens is 1. The zero-order valence-corrected chi connectivity index (χ0v) is 21.7. The fourth-order valence-electron chi connectivity index (χ4n) is 3.71. The molecule has 1 unspecified atom stereocenters. The Hall–Kier alpha value is -3.93. The SMILES string of the molecule is C=C(C(=O)N1CCN(C(=O)OC(C)(C)C)C(C(=O)NCc2ccncc2)C1)c1ccc(S)c([N+](=O)[O-])c1. The number of hydrogen-bond acceptors (Lipinski definition) is 8. The van der Waals surface area contributed by atoms with Crippen LogP contribution in [-0.4, -0.2) is 68.9 Å². The van der Waals surface area contributed by atoms with Gasteiger partial charge in [-0.1, -0.05) is 12.6 Å². The number of nitrogens with zero attached hydrogens (tertiary/aromatic N) is 4. The maximum absolute atomic E-state index is 13.3. The van der Waals surface area contributed by atoms with Gasteiger partial charge in [0, 0.05) is 43.7 Å². The molecule has 1 aromatic carbocycles. The molecular formula is C25H29N5O6S. The predicted octanol–water partition coefficient (Wildman–Crippen LogP) is 3.06. The molecule has 0 spiro atoms. The fraction of sp³-hybridized carbons (Fsp3) is 0.360. The summed E-state index contributed by atoms with van der Waals surface area (Å²) in [5.74, 6) is -0.960. The summed E-state index contributed by atoms with van der Waals surface area (Å²) >= 11 is 4.08. The molecule has 0 saturated carbocycles. The molecule has 11 nitrogen and oxygen atoms in total. The van der Waals surface area contributed by atoms with Crippen molar-refractivity contribution in [3.8, 4) is 0 Å². The summed E-state index contributed by atoms with van der Waals surface area (Å²) in [5.41, 5.74) is 0.0850. The van der Waals surface area contributed by atoms with E-state index in [2.05, 4.69) is 29.5 Å². The van der Waals surface area contributed by atoms with Crippen LogP contribution in [0, 0.1) is 10.1 Å². The van der Waals surface area contributed by atoms with E-state index >= 15 is 0 Å². The summed E-state index contributed by atoms with van der Waals surface area (Å²) in [5, 5.41) is 14.1. The van der Waals surface area contributed by atoms with Gasteiger partial charge in [-0.2, -0.15) is 0 Å². The number of carbonyl (C=O) groups is 3. The maximum Gasteiger partial charge on any atom is 0.411 e. The van der Waals surface area contributed by atoms with Crippen LogP contribution >= 0.6 is 12.6 Å². The second-order valence-electron chi connectivity index (χ2n) is 9.45. The highest BCUT2D eigenvalue weighted by molar-refractivity contribution is 7.80. The number of rotatable bonds is 6. The van der Waals surface area contributed by atoms with Gasteiger partial charge in [-0.25, -0.2) is 4.79 Å². The number of nitro benzene ring substituents is 1. The van der Waals surface area contributed by atoms with Gasteiger partial charge in [0.1, 0.15) is 11.6 Å². The second kappa shape index (κ2) is 11.4. The molecule has 12 heteroatoms. The molecule has 1 atom stereocenters. The first-order valence-electron chi connectivity index (χ1n) is 11.5. The minimum atomic E-state index is -1.02. The zero-order valence-electron chi connectivity index (χ0n) is 20.8. The molecule has 3 rings (SSSR count). The zero-order chi connectivity index (χ0) is 27.3. The van der Waals surface area contributed by atoms with Crippen molar-refractivity contribution in [2.45, 2.75) is 43.9 Å². The summed E-state index contributed by atoms with van der Waals surface area (Å²) < 4.78 is 5.49. The van der Waals surface area contributed by atoms with E-state index in [-0.39, 0.29) is 47.9 Å². The van der Waals surface area contributed by atoms with Gasteiger partial charge in [0.05, 0.1) is 16.4 Å². The molecule has 1 N–H and O–H groups in total. The van der Waals surface area contributed by atoms with Crippen molar-refractivity contribution in [2.24, 2.45) is 0 Å². The van der Waals surface area contributed by atoms with Crippen LogP contribution < -0.4 is 5.32 Å². The van der Waals surface area contributed by atoms with Crippen molar-refractivity contribution in [3.63, 3.8) is 0 Å². The summed E-state index contributed by atoms with van der Waals surface area (Å²) in [6.45, 7) is 9.28. The predicted molar refractivity (Wildman–Crippen MR) is 139 cm³/mol. The quantitative estimate of drug-likeness (QED) is 0.255. The van der Waals surface area contributed by atoms with Gasteiger partial charge in [0.25, 0.3) is 11.6 Å². The van der Waals surface area contributed by atoms with Crippen LogP contribution in [0.25, 0.3) is 5.57 Å². The van der Waals surface area contributed by atoms with E-state index < -0.39 is 34.5 Å². The third kappa shape index (κ3) is 7.06. The van der Waals surface area contributed by atoms with Crippen molar-refractivity contribution in [2.75, 3.05) is 19.6 Å². The third-order valence-electron chi connectivity index (χ3n) is 5.59. The average Bonchev–Trinajstić information content (AvgIpc) is 2.85. The number of hydrogen-bond donors (Lipinski definition) is 2. The molecule has 1 aliphatic heterocycles. The Bertz CT molecular complexity index is 1210. The normalized spacial score (nSPS) is 15.6. The number of pyridine rings is 1. The highest BCUT2D eigenvalue weighted by Gasteiger charge is 2.39. The van der Waals surface area contributed by atoms with Crippen molar-refractivity contribution in [1.29, 1.82) is 0 Å². The largest absolute Gasteiger partial charge is 0.444 e. The Morgan fingerprint density at radius 3 is 2.51 bits per heavy atom. The molecular weight excluding hydrogens is 498 g/mol. The topological polar surface area (TPSA) is 135 Å². The highest BCUT2D eigenvalue weighted by Crippen LogP contribution is 2.28. The molecule has 1 fully saturated rings. The molecule has 1 aliphatic rings. The first-order valence-corrected chi connectivity index (χ1v) is 11.9. The Morgan fingerprint density at radius 1 is 1.22 bits per heavy atom. The van der Waals surface area contributed by atoms with Crippen molar-refractivity contribution in [3.05, 3.63) is 70.5 Å². The Balaban J connectivity index is 1.80. The van der Waals surface area contributed by atoms with Gasteiger partial charge >= 0.3 is 6.09 Å². The van der Waals surface area contributed by atoms with Gasteiger partial charge in [-0.15, -0.1) is 12.6 Å². The number of nitro groups is 1. The summed E-state index contributed by atoms with van der Waals surface area (Å²) in [6, 6.07) is 6.66. The molecule has 37 heavy (non-hydrogen) atoms. The van der Waals surface area contributed by atoms with Gasteiger partial charge in [-0.3, -0.25) is 29.6 Å². The van der Waals surface area contributed by atoms with Crippen molar-refractivity contribution >= 4 is 41.8 Å². The number of benzene rings is 1. The van der Waals surface area contributed by atoms with Crippen LogP contribution in [0.2, 0.25) is 0 Å². The molecule has 0 bridgehead atoms. The molecule has 2 heterocycles. The monoisotopic (exact) mass is 527 g/mol. The van der Waals surface area contributed by atoms with Crippen LogP contribution in [-0.2, 0) is 20.9 Å². The Labute approximate surface area is 220 Å². The van der Waals surface area contributed by atoms with Crippen LogP contribution in [0.1, 0.15) is 31.9 Å². The first kappa shape index (κ1) is 27.7. The number of amides is 3. The molecule has 3 amide bonds. The number of carbonyl (C=O) groups excluding carboxylic acids is 3. The molecule has 196 valence electrons. The minimum absolute atomic E-state index is 0.0260. The lowest BCUT2D eigenvalue weighted by Gasteiger charge is -2.41. The van der Waals surface area contributed by atoms with E-state index in [9.17, 15) is 24.5 Å². The van der Waals surface area contributed by atoms with E-state index in [1.807, 2.05) is 0 Å². The lowest BCUT2D eigenvalue weighted by atomic mass is 10.0. The van der Waals surface area contributed by atoms with Crippen LogP contribution in [0.3, 0.4) is 0 Å². The molecule has 0 aliphatic carbocycles.